The molecule has 84 valence electrons. The van der Waals surface area contributed by atoms with Gasteiger partial charge in [0.1, 0.15) is 5.15 Å². The molecule has 1 aromatic rings. The molecule has 0 bridgehead atoms. The second-order valence-electron chi connectivity index (χ2n) is 2.77. The van der Waals surface area contributed by atoms with Gasteiger partial charge in [0.05, 0.1) is 0 Å². The maximum atomic E-state index is 5.65. The average molecular weight is 341 g/mol. The summed E-state index contributed by atoms with van der Waals surface area (Å²) in [4.78, 5) is 7.75. The van der Waals surface area contributed by atoms with Gasteiger partial charge in [-0.2, -0.15) is 0 Å². The minimum Gasteiger partial charge on any atom is -0.370 e. The van der Waals surface area contributed by atoms with Crippen molar-refractivity contribution < 1.29 is 0 Å². The Morgan fingerprint density at radius 1 is 1.60 bits per heavy atom. The molecule has 0 fully saturated rings. The highest BCUT2D eigenvalue weighted by Gasteiger charge is 1.94. The molecule has 6 heteroatoms. The first-order valence-corrected chi connectivity index (χ1v) is 4.66. The van der Waals surface area contributed by atoms with Gasteiger partial charge in [0.2, 0.25) is 0 Å². The maximum absolute atomic E-state index is 5.65. The van der Waals surface area contributed by atoms with Gasteiger partial charge in [0.15, 0.2) is 5.96 Å². The smallest absolute Gasteiger partial charge is 0.188 e. The largest absolute Gasteiger partial charge is 0.370 e. The number of pyridine rings is 1. The van der Waals surface area contributed by atoms with Crippen LogP contribution in [0.2, 0.25) is 5.15 Å². The van der Waals surface area contributed by atoms with Crippen LogP contribution in [0.15, 0.2) is 23.3 Å². The predicted molar refractivity (Wildman–Crippen MR) is 73.9 cm³/mol. The van der Waals surface area contributed by atoms with Crippen LogP contribution in [-0.4, -0.2) is 24.5 Å². The molecule has 0 radical (unpaired) electrons. The Morgan fingerprint density at radius 3 is 2.87 bits per heavy atom. The minimum absolute atomic E-state index is 0. The molecular weight excluding hydrogens is 326 g/mol. The summed E-state index contributed by atoms with van der Waals surface area (Å²) in [5.41, 5.74) is 6.58. The predicted octanol–water partition coefficient (Wildman–Crippen LogP) is 1.43. The lowest BCUT2D eigenvalue weighted by Crippen LogP contribution is -2.32. The van der Waals surface area contributed by atoms with Crippen LogP contribution in [0.5, 0.6) is 0 Å². The van der Waals surface area contributed by atoms with Crippen molar-refractivity contribution in [2.24, 2.45) is 10.7 Å². The quantitative estimate of drug-likeness (QED) is 0.379. The Hall–Kier alpha value is -0.560. The van der Waals surface area contributed by atoms with Gasteiger partial charge >= 0.3 is 0 Å². The van der Waals surface area contributed by atoms with E-state index in [1.54, 1.807) is 19.3 Å². The van der Waals surface area contributed by atoms with Crippen molar-refractivity contribution in [2.75, 3.05) is 13.6 Å². The average Bonchev–Trinajstić information content (AvgIpc) is 2.21. The number of nitrogens with one attached hydrogen (secondary N) is 1. The van der Waals surface area contributed by atoms with Crippen molar-refractivity contribution in [3.8, 4) is 0 Å². The van der Waals surface area contributed by atoms with Gasteiger partial charge < -0.3 is 11.1 Å². The van der Waals surface area contributed by atoms with Crippen molar-refractivity contribution in [1.82, 2.24) is 10.3 Å². The number of halogens is 2. The lowest BCUT2D eigenvalue weighted by atomic mass is 10.2. The molecule has 1 rings (SSSR count). The van der Waals surface area contributed by atoms with E-state index in [1.165, 1.54) is 0 Å². The van der Waals surface area contributed by atoms with Crippen LogP contribution in [0.3, 0.4) is 0 Å². The summed E-state index contributed by atoms with van der Waals surface area (Å²) < 4.78 is 0. The summed E-state index contributed by atoms with van der Waals surface area (Å²) in [6.07, 6.45) is 2.60. The number of hydrogen-bond donors (Lipinski definition) is 2. The third-order valence-corrected chi connectivity index (χ3v) is 1.97. The van der Waals surface area contributed by atoms with E-state index in [0.29, 0.717) is 11.1 Å². The normalized spacial score (nSPS) is 10.7. The minimum atomic E-state index is 0. The second-order valence-corrected chi connectivity index (χ2v) is 3.16. The summed E-state index contributed by atoms with van der Waals surface area (Å²) in [6, 6.07) is 3.71. The van der Waals surface area contributed by atoms with Gasteiger partial charge in [-0.25, -0.2) is 4.98 Å². The third-order valence-electron chi connectivity index (χ3n) is 1.75. The van der Waals surface area contributed by atoms with Gasteiger partial charge in [-0.3, -0.25) is 4.99 Å². The monoisotopic (exact) mass is 340 g/mol. The molecule has 1 aromatic heterocycles. The highest BCUT2D eigenvalue weighted by Crippen LogP contribution is 2.04. The van der Waals surface area contributed by atoms with E-state index >= 15 is 0 Å². The molecular formula is C9H14ClIN4. The van der Waals surface area contributed by atoms with E-state index in [1.807, 2.05) is 6.07 Å². The zero-order valence-corrected chi connectivity index (χ0v) is 11.5. The third kappa shape index (κ3) is 5.78. The molecule has 0 saturated heterocycles. The first-order valence-electron chi connectivity index (χ1n) is 4.29. The Labute approximate surface area is 111 Å². The highest BCUT2D eigenvalue weighted by atomic mass is 127. The fourth-order valence-electron chi connectivity index (χ4n) is 0.968. The Bertz CT molecular complexity index is 312. The molecule has 4 nitrogen and oxygen atoms in total. The summed E-state index contributed by atoms with van der Waals surface area (Å²) in [6.45, 7) is 0.743. The molecule has 0 aliphatic carbocycles. The van der Waals surface area contributed by atoms with Crippen LogP contribution < -0.4 is 11.1 Å². The number of nitrogens with zero attached hydrogens (tertiary/aromatic N) is 2. The van der Waals surface area contributed by atoms with Crippen LogP contribution in [0.1, 0.15) is 5.56 Å². The second kappa shape index (κ2) is 7.70. The molecule has 0 aromatic carbocycles. The van der Waals surface area contributed by atoms with Gasteiger partial charge in [-0.15, -0.1) is 24.0 Å². The molecule has 3 N–H and O–H groups in total. The Kier molecular flexibility index (Phi) is 7.41. The van der Waals surface area contributed by atoms with E-state index in [4.69, 9.17) is 17.3 Å². The summed E-state index contributed by atoms with van der Waals surface area (Å²) >= 11 is 5.65. The standard InChI is InChI=1S/C9H13ClN4.HI/c1-12-9(11)13-5-4-7-2-3-8(10)14-6-7;/h2-3,6H,4-5H2,1H3,(H3,11,12,13);1H. The fourth-order valence-corrected chi connectivity index (χ4v) is 1.08. The number of hydrogen-bond acceptors (Lipinski definition) is 2. The van der Waals surface area contributed by atoms with Crippen molar-refractivity contribution in [3.63, 3.8) is 0 Å². The first kappa shape index (κ1) is 14.4. The number of rotatable bonds is 3. The van der Waals surface area contributed by atoms with Crippen molar-refractivity contribution in [1.29, 1.82) is 0 Å². The SMILES string of the molecule is CN=C(N)NCCc1ccc(Cl)nc1.I. The van der Waals surface area contributed by atoms with Crippen LogP contribution in [-0.2, 0) is 6.42 Å². The van der Waals surface area contributed by atoms with Crippen LogP contribution in [0, 0.1) is 0 Å². The zero-order chi connectivity index (χ0) is 10.4. The zero-order valence-electron chi connectivity index (χ0n) is 8.40. The molecule has 0 spiro atoms. The lowest BCUT2D eigenvalue weighted by Gasteiger charge is -2.04. The number of aliphatic imine (C=N–C) groups is 1. The molecule has 0 amide bonds. The van der Waals surface area contributed by atoms with Crippen molar-refractivity contribution in [3.05, 3.63) is 29.0 Å². The van der Waals surface area contributed by atoms with E-state index in [0.717, 1.165) is 18.5 Å². The van der Waals surface area contributed by atoms with Gasteiger partial charge in [0, 0.05) is 19.8 Å². The molecule has 0 aliphatic rings. The summed E-state index contributed by atoms with van der Waals surface area (Å²) in [7, 11) is 1.65. The Morgan fingerprint density at radius 2 is 2.33 bits per heavy atom. The van der Waals surface area contributed by atoms with Crippen LogP contribution >= 0.6 is 35.6 Å². The van der Waals surface area contributed by atoms with Gasteiger partial charge in [0.25, 0.3) is 0 Å². The van der Waals surface area contributed by atoms with E-state index in [-0.39, 0.29) is 24.0 Å². The number of aromatic nitrogens is 1. The van der Waals surface area contributed by atoms with Crippen LogP contribution in [0.4, 0.5) is 0 Å². The molecule has 0 unspecified atom stereocenters. The maximum Gasteiger partial charge on any atom is 0.188 e. The van der Waals surface area contributed by atoms with E-state index in [2.05, 4.69) is 15.3 Å². The number of nitrogens with two attached hydrogens (primary N) is 1. The highest BCUT2D eigenvalue weighted by molar-refractivity contribution is 14.0. The van der Waals surface area contributed by atoms with Gasteiger partial charge in [-0.1, -0.05) is 17.7 Å². The first-order chi connectivity index (χ1) is 6.72. The number of guanidine groups is 1. The molecule has 0 aliphatic heterocycles. The van der Waals surface area contributed by atoms with Crippen LogP contribution in [0.25, 0.3) is 0 Å². The molecule has 0 saturated carbocycles. The molecule has 1 heterocycles. The van der Waals surface area contributed by atoms with Crippen molar-refractivity contribution >= 4 is 41.5 Å². The summed E-state index contributed by atoms with van der Waals surface area (Å²) in [5.74, 6) is 0.451. The molecule has 15 heavy (non-hydrogen) atoms. The lowest BCUT2D eigenvalue weighted by molar-refractivity contribution is 0.853. The van der Waals surface area contributed by atoms with E-state index < -0.39 is 0 Å². The Balaban J connectivity index is 0.00000196. The summed E-state index contributed by atoms with van der Waals surface area (Å²) in [5, 5.41) is 3.47. The van der Waals surface area contributed by atoms with Gasteiger partial charge in [-0.05, 0) is 18.1 Å². The van der Waals surface area contributed by atoms with E-state index in [9.17, 15) is 0 Å². The van der Waals surface area contributed by atoms with Crippen molar-refractivity contribution in [2.45, 2.75) is 6.42 Å². The fraction of sp³-hybridized carbons (Fsp3) is 0.333. The molecule has 0 atom stereocenters. The topological polar surface area (TPSA) is 63.3 Å².